The lowest BCUT2D eigenvalue weighted by Crippen LogP contribution is -2.14. The maximum atomic E-state index is 6.23. The third-order valence-electron chi connectivity index (χ3n) is 3.77. The van der Waals surface area contributed by atoms with Crippen LogP contribution in [0.3, 0.4) is 0 Å². The van der Waals surface area contributed by atoms with Crippen LogP contribution in [-0.2, 0) is 0 Å². The molecule has 1 nitrogen and oxygen atoms in total. The Labute approximate surface area is 124 Å². The van der Waals surface area contributed by atoms with Gasteiger partial charge < -0.3 is 4.42 Å². The first-order valence-corrected chi connectivity index (χ1v) is 7.36. The summed E-state index contributed by atoms with van der Waals surface area (Å²) in [5.41, 5.74) is 1.93. The van der Waals surface area contributed by atoms with Crippen molar-refractivity contribution in [3.05, 3.63) is 63.3 Å². The zero-order valence-corrected chi connectivity index (χ0v) is 12.3. The highest BCUT2D eigenvalue weighted by Gasteiger charge is 2.33. The Hall–Kier alpha value is -1.25. The Bertz CT molecular complexity index is 766. The molecule has 2 aliphatic rings. The van der Waals surface area contributed by atoms with Crippen LogP contribution in [0.4, 0.5) is 0 Å². The molecule has 0 saturated heterocycles. The molecule has 4 rings (SSSR count). The molecule has 1 heterocycles. The van der Waals surface area contributed by atoms with Crippen molar-refractivity contribution < 1.29 is 4.42 Å². The fourth-order valence-corrected chi connectivity index (χ4v) is 3.75. The van der Waals surface area contributed by atoms with Crippen LogP contribution in [0, 0.1) is 5.92 Å². The summed E-state index contributed by atoms with van der Waals surface area (Å²) in [4.78, 5) is 0. The normalized spacial score (nSPS) is 24.2. The summed E-state index contributed by atoms with van der Waals surface area (Å²) in [5.74, 6) is 1.59. The minimum atomic E-state index is 0.253. The first-order valence-electron chi connectivity index (χ1n) is 6.18. The minimum absolute atomic E-state index is 0.253. The van der Waals surface area contributed by atoms with E-state index in [2.05, 4.69) is 52.4 Å². The van der Waals surface area contributed by atoms with Crippen LogP contribution >= 0.6 is 27.5 Å². The van der Waals surface area contributed by atoms with Gasteiger partial charge in [-0.1, -0.05) is 64.0 Å². The van der Waals surface area contributed by atoms with E-state index in [4.69, 9.17) is 16.0 Å². The SMILES string of the molecule is Clc1cccc2c3c(oc12)C1C=CC=CC1C(Br)=C3. The smallest absolute Gasteiger partial charge is 0.153 e. The molecular weight excluding hydrogens is 324 g/mol. The number of fused-ring (bicyclic) bond motifs is 5. The molecule has 2 unspecified atom stereocenters. The summed E-state index contributed by atoms with van der Waals surface area (Å²) in [6, 6.07) is 5.89. The first kappa shape index (κ1) is 11.6. The maximum Gasteiger partial charge on any atom is 0.153 e. The van der Waals surface area contributed by atoms with Crippen LogP contribution in [0.1, 0.15) is 17.2 Å². The van der Waals surface area contributed by atoms with Crippen molar-refractivity contribution in [3.8, 4) is 0 Å². The molecule has 1 aromatic carbocycles. The van der Waals surface area contributed by atoms with Crippen LogP contribution in [-0.4, -0.2) is 0 Å². The molecule has 0 bridgehead atoms. The maximum absolute atomic E-state index is 6.23. The summed E-state index contributed by atoms with van der Waals surface area (Å²) < 4.78 is 7.24. The van der Waals surface area contributed by atoms with Crippen molar-refractivity contribution in [1.82, 2.24) is 0 Å². The molecule has 3 heteroatoms. The third kappa shape index (κ3) is 1.60. The van der Waals surface area contributed by atoms with Crippen molar-refractivity contribution >= 4 is 44.6 Å². The number of hydrogen-bond acceptors (Lipinski definition) is 1. The van der Waals surface area contributed by atoms with E-state index in [-0.39, 0.29) is 5.92 Å². The molecule has 0 aliphatic heterocycles. The Morgan fingerprint density at radius 2 is 1.89 bits per heavy atom. The second kappa shape index (κ2) is 4.12. The number of halogens is 2. The fourth-order valence-electron chi connectivity index (χ4n) is 2.87. The monoisotopic (exact) mass is 332 g/mol. The van der Waals surface area contributed by atoms with Crippen LogP contribution < -0.4 is 0 Å². The largest absolute Gasteiger partial charge is 0.458 e. The third-order valence-corrected chi connectivity index (χ3v) is 4.83. The Morgan fingerprint density at radius 3 is 2.74 bits per heavy atom. The second-order valence-electron chi connectivity index (χ2n) is 4.85. The van der Waals surface area contributed by atoms with Crippen molar-refractivity contribution in [3.63, 3.8) is 0 Å². The quantitative estimate of drug-likeness (QED) is 0.606. The van der Waals surface area contributed by atoms with Crippen LogP contribution in [0.15, 0.2) is 51.4 Å². The van der Waals surface area contributed by atoms with Gasteiger partial charge in [0.1, 0.15) is 5.76 Å². The number of para-hydroxylation sites is 1. The second-order valence-corrected chi connectivity index (χ2v) is 6.17. The van der Waals surface area contributed by atoms with Gasteiger partial charge in [0.05, 0.1) is 5.02 Å². The average Bonchev–Trinajstić information content (AvgIpc) is 2.80. The summed E-state index contributed by atoms with van der Waals surface area (Å²) in [5, 5.41) is 1.75. The number of rotatable bonds is 0. The summed E-state index contributed by atoms with van der Waals surface area (Å²) in [7, 11) is 0. The van der Waals surface area contributed by atoms with Gasteiger partial charge in [0.2, 0.25) is 0 Å². The highest BCUT2D eigenvalue weighted by molar-refractivity contribution is 9.11. The van der Waals surface area contributed by atoms with Gasteiger partial charge in [0, 0.05) is 27.3 Å². The molecule has 19 heavy (non-hydrogen) atoms. The van der Waals surface area contributed by atoms with Gasteiger partial charge in [-0.25, -0.2) is 0 Å². The van der Waals surface area contributed by atoms with Gasteiger partial charge in [-0.05, 0) is 12.1 Å². The predicted molar refractivity (Wildman–Crippen MR) is 82.6 cm³/mol. The van der Waals surface area contributed by atoms with Crippen LogP contribution in [0.5, 0.6) is 0 Å². The molecule has 0 radical (unpaired) electrons. The Kier molecular flexibility index (Phi) is 2.51. The van der Waals surface area contributed by atoms with Gasteiger partial charge in [-0.2, -0.15) is 0 Å². The van der Waals surface area contributed by atoms with Gasteiger partial charge in [-0.15, -0.1) is 0 Å². The average molecular weight is 334 g/mol. The lowest BCUT2D eigenvalue weighted by Gasteiger charge is -2.26. The highest BCUT2D eigenvalue weighted by Crippen LogP contribution is 2.48. The van der Waals surface area contributed by atoms with Crippen molar-refractivity contribution in [2.75, 3.05) is 0 Å². The zero-order chi connectivity index (χ0) is 13.0. The predicted octanol–water partition coefficient (Wildman–Crippen LogP) is 5.66. The van der Waals surface area contributed by atoms with Gasteiger partial charge in [0.15, 0.2) is 5.58 Å². The van der Waals surface area contributed by atoms with Crippen molar-refractivity contribution in [1.29, 1.82) is 0 Å². The Balaban J connectivity index is 2.06. The molecule has 2 aromatic rings. The van der Waals surface area contributed by atoms with E-state index in [1.54, 1.807) is 0 Å². The van der Waals surface area contributed by atoms with Crippen LogP contribution in [0.25, 0.3) is 17.0 Å². The van der Waals surface area contributed by atoms with E-state index < -0.39 is 0 Å². The van der Waals surface area contributed by atoms with E-state index in [9.17, 15) is 0 Å². The lowest BCUT2D eigenvalue weighted by atomic mass is 9.81. The highest BCUT2D eigenvalue weighted by atomic mass is 79.9. The molecule has 94 valence electrons. The van der Waals surface area contributed by atoms with Crippen molar-refractivity contribution in [2.45, 2.75) is 5.92 Å². The van der Waals surface area contributed by atoms with E-state index in [1.807, 2.05) is 12.1 Å². The number of furan rings is 1. The molecule has 0 amide bonds. The van der Waals surface area contributed by atoms with Crippen LogP contribution in [0.2, 0.25) is 5.02 Å². The molecule has 2 aliphatic carbocycles. The summed E-state index contributed by atoms with van der Waals surface area (Å²) >= 11 is 9.92. The molecule has 2 atom stereocenters. The van der Waals surface area contributed by atoms with Gasteiger partial charge >= 0.3 is 0 Å². The molecule has 0 N–H and O–H groups in total. The standard InChI is InChI=1S/C16H10BrClO/c17-13-8-12-11-6-3-7-14(18)16(11)19-15(12)10-5-2-1-4-9(10)13/h1-10H. The summed E-state index contributed by atoms with van der Waals surface area (Å²) in [6.45, 7) is 0. The molecule has 1 aromatic heterocycles. The van der Waals surface area contributed by atoms with E-state index in [0.717, 1.165) is 22.3 Å². The van der Waals surface area contributed by atoms with Gasteiger partial charge in [0.25, 0.3) is 0 Å². The zero-order valence-electron chi connectivity index (χ0n) is 9.94. The fraction of sp³-hybridized carbons (Fsp3) is 0.125. The lowest BCUT2D eigenvalue weighted by molar-refractivity contribution is 0.490. The van der Waals surface area contributed by atoms with E-state index in [0.29, 0.717) is 10.9 Å². The van der Waals surface area contributed by atoms with Gasteiger partial charge in [-0.3, -0.25) is 0 Å². The number of benzene rings is 1. The summed E-state index contributed by atoms with van der Waals surface area (Å²) in [6.07, 6.45) is 10.7. The number of allylic oxidation sites excluding steroid dienone is 5. The molecule has 0 saturated carbocycles. The Morgan fingerprint density at radius 1 is 1.11 bits per heavy atom. The molecular formula is C16H10BrClO. The van der Waals surface area contributed by atoms with E-state index >= 15 is 0 Å². The van der Waals surface area contributed by atoms with E-state index in [1.165, 1.54) is 4.48 Å². The molecule has 0 fully saturated rings. The minimum Gasteiger partial charge on any atom is -0.458 e. The van der Waals surface area contributed by atoms with Crippen molar-refractivity contribution in [2.24, 2.45) is 5.92 Å². The molecule has 0 spiro atoms. The number of hydrogen-bond donors (Lipinski definition) is 0. The first-order chi connectivity index (χ1) is 9.25. The topological polar surface area (TPSA) is 13.1 Å².